The van der Waals surface area contributed by atoms with Crippen molar-refractivity contribution in [2.24, 2.45) is 0 Å². The molecule has 0 spiro atoms. The first-order valence-corrected chi connectivity index (χ1v) is 7.99. The summed E-state index contributed by atoms with van der Waals surface area (Å²) in [6.45, 7) is 1.89. The van der Waals surface area contributed by atoms with E-state index in [1.165, 1.54) is 12.1 Å². The number of hydrazine groups is 1. The van der Waals surface area contributed by atoms with Crippen LogP contribution in [0.2, 0.25) is 5.02 Å². The number of aryl methyl sites for hydroxylation is 1. The Morgan fingerprint density at radius 2 is 1.65 bits per heavy atom. The van der Waals surface area contributed by atoms with Crippen molar-refractivity contribution in [3.8, 4) is 0 Å². The van der Waals surface area contributed by atoms with Gasteiger partial charge in [-0.2, -0.15) is 0 Å². The molecule has 2 rings (SSSR count). The first-order valence-electron chi connectivity index (χ1n) is 7.20. The van der Waals surface area contributed by atoms with Crippen LogP contribution < -0.4 is 16.2 Å². The highest BCUT2D eigenvalue weighted by Crippen LogP contribution is 2.24. The van der Waals surface area contributed by atoms with E-state index < -0.39 is 22.4 Å². The molecule has 0 radical (unpaired) electrons. The number of carbonyl (C=O) groups is 2. The van der Waals surface area contributed by atoms with Crippen molar-refractivity contribution in [1.29, 1.82) is 0 Å². The highest BCUT2D eigenvalue weighted by Gasteiger charge is 2.16. The summed E-state index contributed by atoms with van der Waals surface area (Å²) in [6.07, 6.45) is 0. The molecule has 0 atom stereocenters. The van der Waals surface area contributed by atoms with Gasteiger partial charge in [-0.25, -0.2) is 0 Å². The second-order valence-electron chi connectivity index (χ2n) is 5.15. The fourth-order valence-electron chi connectivity index (χ4n) is 1.89. The van der Waals surface area contributed by atoms with E-state index in [9.17, 15) is 19.7 Å². The van der Waals surface area contributed by atoms with E-state index in [2.05, 4.69) is 16.2 Å². The Kier molecular flexibility index (Phi) is 6.21. The van der Waals surface area contributed by atoms with Gasteiger partial charge in [0.25, 0.3) is 17.5 Å². The van der Waals surface area contributed by atoms with Crippen molar-refractivity contribution >= 4 is 46.4 Å². The van der Waals surface area contributed by atoms with Gasteiger partial charge >= 0.3 is 0 Å². The number of halogens is 1. The van der Waals surface area contributed by atoms with E-state index in [1.54, 1.807) is 24.3 Å². The maximum atomic E-state index is 12.0. The minimum absolute atomic E-state index is 0.00117. The lowest BCUT2D eigenvalue weighted by atomic mass is 10.1. The van der Waals surface area contributed by atoms with Crippen LogP contribution in [0.5, 0.6) is 0 Å². The molecular weight excluding hydrogens is 380 g/mol. The molecule has 8 nitrogen and oxygen atoms in total. The zero-order valence-electron chi connectivity index (χ0n) is 13.4. The molecule has 134 valence electrons. The Balaban J connectivity index is 1.93. The molecule has 0 aliphatic rings. The Hall–Kier alpha value is -3.04. The number of hydrogen-bond donors (Lipinski definition) is 3. The van der Waals surface area contributed by atoms with E-state index in [0.717, 1.165) is 11.6 Å². The number of nitrogens with one attached hydrogen (secondary N) is 3. The Morgan fingerprint density at radius 3 is 2.27 bits per heavy atom. The summed E-state index contributed by atoms with van der Waals surface area (Å²) in [5.74, 6) is -1.13. The van der Waals surface area contributed by atoms with Crippen LogP contribution >= 0.6 is 23.8 Å². The van der Waals surface area contributed by atoms with E-state index in [-0.39, 0.29) is 15.7 Å². The third kappa shape index (κ3) is 4.98. The number of rotatable bonds is 3. The highest BCUT2D eigenvalue weighted by molar-refractivity contribution is 7.80. The van der Waals surface area contributed by atoms with Crippen molar-refractivity contribution in [3.63, 3.8) is 0 Å². The molecule has 0 bridgehead atoms. The van der Waals surface area contributed by atoms with Crippen LogP contribution in [0, 0.1) is 17.0 Å². The van der Waals surface area contributed by atoms with Crippen molar-refractivity contribution in [2.45, 2.75) is 6.92 Å². The number of thiocarbonyl (C=S) groups is 1. The zero-order valence-corrected chi connectivity index (χ0v) is 15.0. The standard InChI is InChI=1S/C16H13ClN4O4S/c1-9-2-4-10(5-3-9)14(22)18-16(26)20-19-15(23)11-6-7-12(17)13(8-11)21(24)25/h2-8H,1H3,(H,19,23)(H2,18,20,22,26). The maximum Gasteiger partial charge on any atom is 0.288 e. The molecule has 0 unspecified atom stereocenters. The van der Waals surface area contributed by atoms with Crippen LogP contribution in [0.25, 0.3) is 0 Å². The van der Waals surface area contributed by atoms with Gasteiger partial charge in [-0.3, -0.25) is 35.9 Å². The van der Waals surface area contributed by atoms with Gasteiger partial charge in [0, 0.05) is 17.2 Å². The Labute approximate surface area is 158 Å². The van der Waals surface area contributed by atoms with Crippen molar-refractivity contribution in [3.05, 3.63) is 74.3 Å². The van der Waals surface area contributed by atoms with Gasteiger partial charge in [0.1, 0.15) is 5.02 Å². The number of amides is 2. The molecule has 26 heavy (non-hydrogen) atoms. The monoisotopic (exact) mass is 392 g/mol. The Bertz CT molecular complexity index is 886. The van der Waals surface area contributed by atoms with Gasteiger partial charge in [-0.05, 0) is 43.4 Å². The van der Waals surface area contributed by atoms with Gasteiger partial charge in [-0.15, -0.1) is 0 Å². The summed E-state index contributed by atoms with van der Waals surface area (Å²) in [7, 11) is 0. The SMILES string of the molecule is Cc1ccc(C(=O)NC(=S)NNC(=O)c2ccc(Cl)c([N+](=O)[O-])c2)cc1. The average Bonchev–Trinajstić information content (AvgIpc) is 2.60. The molecule has 3 N–H and O–H groups in total. The average molecular weight is 393 g/mol. The van der Waals surface area contributed by atoms with Gasteiger partial charge in [0.05, 0.1) is 4.92 Å². The fourth-order valence-corrected chi connectivity index (χ4v) is 2.22. The first kappa shape index (κ1) is 19.3. The molecule has 0 saturated carbocycles. The number of carbonyl (C=O) groups excluding carboxylic acids is 2. The molecule has 0 heterocycles. The van der Waals surface area contributed by atoms with Gasteiger partial charge in [-0.1, -0.05) is 29.3 Å². The predicted octanol–water partition coefficient (Wildman–Crippen LogP) is 2.51. The Morgan fingerprint density at radius 1 is 1.04 bits per heavy atom. The molecule has 0 aliphatic carbocycles. The van der Waals surface area contributed by atoms with E-state index >= 15 is 0 Å². The fraction of sp³-hybridized carbons (Fsp3) is 0.0625. The minimum atomic E-state index is -0.695. The number of nitro groups is 1. The second kappa shape index (κ2) is 8.37. The molecular formula is C16H13ClN4O4S. The van der Waals surface area contributed by atoms with E-state index in [4.69, 9.17) is 23.8 Å². The normalized spacial score (nSPS) is 9.92. The molecule has 0 saturated heterocycles. The molecule has 0 fully saturated rings. The lowest BCUT2D eigenvalue weighted by Crippen LogP contribution is -2.48. The number of hydrogen-bond acceptors (Lipinski definition) is 5. The third-order valence-electron chi connectivity index (χ3n) is 3.24. The van der Waals surface area contributed by atoms with Gasteiger partial charge < -0.3 is 0 Å². The van der Waals surface area contributed by atoms with Crippen LogP contribution in [0.4, 0.5) is 5.69 Å². The number of nitrogens with zero attached hydrogens (tertiary/aromatic N) is 1. The molecule has 2 amide bonds. The topological polar surface area (TPSA) is 113 Å². The summed E-state index contributed by atoms with van der Waals surface area (Å²) in [5, 5.41) is 13.0. The zero-order chi connectivity index (χ0) is 19.3. The minimum Gasteiger partial charge on any atom is -0.298 e. The van der Waals surface area contributed by atoms with Gasteiger partial charge in [0.15, 0.2) is 5.11 Å². The van der Waals surface area contributed by atoms with Crippen LogP contribution in [0.15, 0.2) is 42.5 Å². The predicted molar refractivity (Wildman–Crippen MR) is 100.0 cm³/mol. The summed E-state index contributed by atoms with van der Waals surface area (Å²) >= 11 is 10.6. The molecule has 10 heteroatoms. The van der Waals surface area contributed by atoms with Crippen molar-refractivity contribution < 1.29 is 14.5 Å². The van der Waals surface area contributed by atoms with Crippen LogP contribution in [0.3, 0.4) is 0 Å². The lowest BCUT2D eigenvalue weighted by molar-refractivity contribution is -0.384. The molecule has 0 aromatic heterocycles. The van der Waals surface area contributed by atoms with Crippen LogP contribution in [-0.4, -0.2) is 21.9 Å². The number of benzene rings is 2. The molecule has 0 aliphatic heterocycles. The summed E-state index contributed by atoms with van der Waals surface area (Å²) in [4.78, 5) is 34.2. The molecule has 2 aromatic carbocycles. The smallest absolute Gasteiger partial charge is 0.288 e. The lowest BCUT2D eigenvalue weighted by Gasteiger charge is -2.11. The van der Waals surface area contributed by atoms with Crippen LogP contribution in [-0.2, 0) is 0 Å². The number of nitro benzene ring substituents is 1. The second-order valence-corrected chi connectivity index (χ2v) is 5.97. The summed E-state index contributed by atoms with van der Waals surface area (Å²) < 4.78 is 0. The first-order chi connectivity index (χ1) is 12.3. The highest BCUT2D eigenvalue weighted by atomic mass is 35.5. The van der Waals surface area contributed by atoms with E-state index in [1.807, 2.05) is 6.92 Å². The summed E-state index contributed by atoms with van der Waals surface area (Å²) in [5.41, 5.74) is 5.61. The van der Waals surface area contributed by atoms with Crippen molar-refractivity contribution in [2.75, 3.05) is 0 Å². The third-order valence-corrected chi connectivity index (χ3v) is 3.76. The van der Waals surface area contributed by atoms with E-state index in [0.29, 0.717) is 5.56 Å². The quantitative estimate of drug-likeness (QED) is 0.420. The van der Waals surface area contributed by atoms with Crippen LogP contribution in [0.1, 0.15) is 26.3 Å². The maximum absolute atomic E-state index is 12.0. The largest absolute Gasteiger partial charge is 0.298 e. The summed E-state index contributed by atoms with van der Waals surface area (Å²) in [6, 6.07) is 10.4. The van der Waals surface area contributed by atoms with Crippen molar-refractivity contribution in [1.82, 2.24) is 16.2 Å². The van der Waals surface area contributed by atoms with Gasteiger partial charge in [0.2, 0.25) is 0 Å². The molecule has 2 aromatic rings.